The van der Waals surface area contributed by atoms with Gasteiger partial charge in [-0.15, -0.1) is 0 Å². The van der Waals surface area contributed by atoms with Crippen molar-refractivity contribution in [1.82, 2.24) is 19.7 Å². The van der Waals surface area contributed by atoms with E-state index in [9.17, 15) is 4.57 Å². The average molecular weight is 615 g/mol. The molecule has 0 N–H and O–H groups in total. The number of hydrogen-bond donors (Lipinski definition) is 0. The number of rotatable bonds is 6. The van der Waals surface area contributed by atoms with E-state index < -0.39 is 36.2 Å². The lowest BCUT2D eigenvalue weighted by molar-refractivity contribution is -0.202. The fraction of sp³-hybridized carbons (Fsp3) is 0.560. The Labute approximate surface area is 239 Å². The van der Waals surface area contributed by atoms with Crippen LogP contribution >= 0.6 is 39.9 Å². The van der Waals surface area contributed by atoms with Crippen molar-refractivity contribution >= 4 is 56.8 Å². The lowest BCUT2D eigenvalue weighted by atomic mass is 9.75. The maximum Gasteiger partial charge on any atom is 0.277 e. The van der Waals surface area contributed by atoms with Crippen LogP contribution in [0.15, 0.2) is 30.5 Å². The van der Waals surface area contributed by atoms with E-state index in [1.165, 1.54) is 11.1 Å². The number of nitrogens with zero attached hydrogens (tertiary/aromatic N) is 5. The first-order chi connectivity index (χ1) is 18.5. The highest BCUT2D eigenvalue weighted by atomic mass is 35.9. The Morgan fingerprint density at radius 2 is 1.92 bits per heavy atom. The maximum atomic E-state index is 11.7. The van der Waals surface area contributed by atoms with E-state index in [4.69, 9.17) is 53.0 Å². The van der Waals surface area contributed by atoms with Crippen LogP contribution in [0, 0.1) is 0 Å². The van der Waals surface area contributed by atoms with Crippen LogP contribution in [0.2, 0.25) is 5.28 Å². The Morgan fingerprint density at radius 3 is 2.72 bits per heavy atom. The van der Waals surface area contributed by atoms with E-state index in [0.717, 1.165) is 37.1 Å². The first kappa shape index (κ1) is 26.4. The molecule has 39 heavy (non-hydrogen) atoms. The molecule has 3 aliphatic heterocycles. The molecule has 3 aromatic rings. The summed E-state index contributed by atoms with van der Waals surface area (Å²) in [6.07, 6.45) is 1.54. The third-order valence-electron chi connectivity index (χ3n) is 8.04. The second kappa shape index (κ2) is 9.26. The fourth-order valence-electron chi connectivity index (χ4n) is 6.50. The predicted molar refractivity (Wildman–Crippen MR) is 147 cm³/mol. The van der Waals surface area contributed by atoms with Crippen molar-refractivity contribution in [3.05, 3.63) is 46.9 Å². The van der Waals surface area contributed by atoms with Gasteiger partial charge in [0.15, 0.2) is 17.7 Å². The summed E-state index contributed by atoms with van der Waals surface area (Å²) in [5.41, 5.74) is 3.56. The summed E-state index contributed by atoms with van der Waals surface area (Å²) in [7, 11) is 0. The third kappa shape index (κ3) is 4.57. The molecule has 1 aliphatic carbocycles. The van der Waals surface area contributed by atoms with Crippen LogP contribution in [0.3, 0.4) is 0 Å². The Morgan fingerprint density at radius 1 is 1.15 bits per heavy atom. The van der Waals surface area contributed by atoms with Crippen molar-refractivity contribution in [2.75, 3.05) is 30.9 Å². The van der Waals surface area contributed by atoms with Gasteiger partial charge in [0.25, 0.3) is 5.85 Å². The highest BCUT2D eigenvalue weighted by Crippen LogP contribution is 2.56. The molecule has 0 bridgehead atoms. The summed E-state index contributed by atoms with van der Waals surface area (Å²) < 4.78 is 37.5. The smallest absolute Gasteiger partial charge is 0.277 e. The summed E-state index contributed by atoms with van der Waals surface area (Å²) in [5, 5.41) is 5.56. The molecule has 7 rings (SSSR count). The maximum absolute atomic E-state index is 11.7. The number of ether oxygens (including phenoxy) is 4. The standard InChI is InChI=1S/C25H27Cl3N5O5P/c1-24(2)37-18-17(10-35-13-39(27,28)34)36-22(19(18)38-24)33-21-15(9-29-33)20(30-23(26)31-21)32-11-25(12-32)8-7-14-5-3-4-6-16(14)25/h3-6,9,17-19,22H,7-8,10-13H2,1-2H3/t17-,18-,19-,22-/m1/s1. The SMILES string of the molecule is CC1(C)O[C@@H]2[C@H](O1)[C@@H](COCP(=O)(Cl)Cl)O[C@H]2n1ncc2c(N3CC4(CCc5ccccc54)C3)nc(Cl)nc21. The zero-order valence-electron chi connectivity index (χ0n) is 21.3. The van der Waals surface area contributed by atoms with Gasteiger partial charge in [0.05, 0.1) is 18.2 Å². The highest BCUT2D eigenvalue weighted by Gasteiger charge is 2.57. The molecule has 0 unspecified atom stereocenters. The topological polar surface area (TPSA) is 101 Å². The monoisotopic (exact) mass is 613 g/mol. The molecule has 4 atom stereocenters. The molecule has 1 aromatic carbocycles. The normalized spacial score (nSPS) is 28.7. The zero-order chi connectivity index (χ0) is 27.2. The molecule has 0 amide bonds. The second-order valence-corrected chi connectivity index (χ2v) is 16.7. The molecule has 0 saturated carbocycles. The van der Waals surface area contributed by atoms with E-state index in [-0.39, 0.29) is 23.7 Å². The average Bonchev–Trinajstić information content (AvgIpc) is 3.57. The van der Waals surface area contributed by atoms with Gasteiger partial charge in [-0.05, 0) is 71.9 Å². The first-order valence-corrected chi connectivity index (χ1v) is 16.9. The number of anilines is 1. The van der Waals surface area contributed by atoms with E-state index in [2.05, 4.69) is 44.2 Å². The van der Waals surface area contributed by atoms with Gasteiger partial charge in [-0.25, -0.2) is 4.68 Å². The van der Waals surface area contributed by atoms with Gasteiger partial charge in [0, 0.05) is 18.5 Å². The molecular weight excluding hydrogens is 588 g/mol. The van der Waals surface area contributed by atoms with E-state index in [1.807, 2.05) is 13.8 Å². The zero-order valence-corrected chi connectivity index (χ0v) is 24.5. The Hall–Kier alpha value is -1.49. The molecule has 10 nitrogen and oxygen atoms in total. The van der Waals surface area contributed by atoms with Gasteiger partial charge in [-0.1, -0.05) is 24.3 Å². The van der Waals surface area contributed by atoms with Crippen molar-refractivity contribution in [3.8, 4) is 0 Å². The van der Waals surface area contributed by atoms with Crippen molar-refractivity contribution in [3.63, 3.8) is 0 Å². The van der Waals surface area contributed by atoms with Gasteiger partial charge in [0.2, 0.25) is 5.28 Å². The van der Waals surface area contributed by atoms with Crippen molar-refractivity contribution < 1.29 is 23.5 Å². The van der Waals surface area contributed by atoms with Crippen LogP contribution in [-0.4, -0.2) is 69.9 Å². The predicted octanol–water partition coefficient (Wildman–Crippen LogP) is 5.25. The molecule has 2 aromatic heterocycles. The van der Waals surface area contributed by atoms with Crippen LogP contribution in [0.25, 0.3) is 11.0 Å². The number of aryl methyl sites for hydroxylation is 1. The van der Waals surface area contributed by atoms with E-state index >= 15 is 0 Å². The first-order valence-electron chi connectivity index (χ1n) is 12.8. The largest absolute Gasteiger partial charge is 0.368 e. The molecule has 0 radical (unpaired) electrons. The molecule has 208 valence electrons. The minimum absolute atomic E-state index is 0.0675. The third-order valence-corrected chi connectivity index (χ3v) is 9.28. The Balaban J connectivity index is 1.17. The number of fused-ring (bicyclic) bond motifs is 4. The van der Waals surface area contributed by atoms with Crippen molar-refractivity contribution in [2.24, 2.45) is 0 Å². The fourth-order valence-corrected chi connectivity index (χ4v) is 7.40. The molecule has 3 saturated heterocycles. The molecule has 5 heterocycles. The summed E-state index contributed by atoms with van der Waals surface area (Å²) >= 11 is 17.7. The summed E-state index contributed by atoms with van der Waals surface area (Å²) in [5.74, 6) is -3.46. The lowest BCUT2D eigenvalue weighted by Gasteiger charge is -2.49. The Bertz CT molecular complexity index is 1490. The lowest BCUT2D eigenvalue weighted by Crippen LogP contribution is -2.58. The second-order valence-electron chi connectivity index (χ2n) is 11.1. The van der Waals surface area contributed by atoms with Crippen LogP contribution in [0.1, 0.15) is 37.6 Å². The summed E-state index contributed by atoms with van der Waals surface area (Å²) in [4.78, 5) is 11.4. The molecule has 3 fully saturated rings. The van der Waals surface area contributed by atoms with Crippen molar-refractivity contribution in [2.45, 2.75) is 62.4 Å². The number of halogens is 3. The number of hydrogen-bond acceptors (Lipinski definition) is 9. The number of aromatic nitrogens is 4. The van der Waals surface area contributed by atoms with Gasteiger partial charge in [-0.2, -0.15) is 15.1 Å². The van der Waals surface area contributed by atoms with Crippen molar-refractivity contribution in [1.29, 1.82) is 0 Å². The van der Waals surface area contributed by atoms with Gasteiger partial charge < -0.3 is 23.8 Å². The number of benzene rings is 1. The highest BCUT2D eigenvalue weighted by molar-refractivity contribution is 8.08. The van der Waals surface area contributed by atoms with E-state index in [0.29, 0.717) is 5.65 Å². The Kier molecular flexibility index (Phi) is 6.27. The van der Waals surface area contributed by atoms with E-state index in [1.54, 1.807) is 10.9 Å². The summed E-state index contributed by atoms with van der Waals surface area (Å²) in [6.45, 7) is 5.46. The molecule has 14 heteroatoms. The molecular formula is C25H27Cl3N5O5P. The minimum atomic E-state index is -3.38. The van der Waals surface area contributed by atoms with Crippen LogP contribution in [0.5, 0.6) is 0 Å². The van der Waals surface area contributed by atoms with Gasteiger partial charge >= 0.3 is 0 Å². The molecule has 4 aliphatic rings. The summed E-state index contributed by atoms with van der Waals surface area (Å²) in [6, 6.07) is 8.70. The van der Waals surface area contributed by atoms with Crippen LogP contribution < -0.4 is 4.90 Å². The van der Waals surface area contributed by atoms with Gasteiger partial charge in [0.1, 0.15) is 30.5 Å². The van der Waals surface area contributed by atoms with Gasteiger partial charge in [-0.3, -0.25) is 4.57 Å². The quantitative estimate of drug-likeness (QED) is 0.272. The van der Waals surface area contributed by atoms with Crippen LogP contribution in [-0.2, 0) is 35.3 Å². The van der Waals surface area contributed by atoms with Crippen LogP contribution in [0.4, 0.5) is 5.82 Å². The molecule has 1 spiro atoms. The minimum Gasteiger partial charge on any atom is -0.368 e.